The lowest BCUT2D eigenvalue weighted by molar-refractivity contribution is 0.0879. The van der Waals surface area contributed by atoms with Crippen molar-refractivity contribution in [3.05, 3.63) is 34.9 Å². The summed E-state index contributed by atoms with van der Waals surface area (Å²) < 4.78 is 0. The van der Waals surface area contributed by atoms with E-state index in [-0.39, 0.29) is 0 Å². The second kappa shape index (κ2) is 14.4. The molecule has 1 aromatic rings. The van der Waals surface area contributed by atoms with E-state index >= 15 is 0 Å². The molecule has 0 radical (unpaired) electrons. The first-order valence-corrected chi connectivity index (χ1v) is 11.6. The predicted molar refractivity (Wildman–Crippen MR) is 119 cm³/mol. The monoisotopic (exact) mass is 395 g/mol. The fraction of sp³-hybridized carbons (Fsp3) is 0.750. The van der Waals surface area contributed by atoms with Crippen LogP contribution in [0.15, 0.2) is 24.3 Å². The summed E-state index contributed by atoms with van der Waals surface area (Å²) in [6.45, 7) is 12.1. The molecule has 2 nitrogen and oxygen atoms in total. The van der Waals surface area contributed by atoms with Crippen molar-refractivity contribution in [1.82, 2.24) is 4.90 Å². The molecule has 27 heavy (non-hydrogen) atoms. The van der Waals surface area contributed by atoms with Gasteiger partial charge in [-0.3, -0.25) is 4.90 Å². The zero-order valence-corrected chi connectivity index (χ0v) is 18.8. The van der Waals surface area contributed by atoms with E-state index in [0.717, 1.165) is 35.5 Å². The van der Waals surface area contributed by atoms with Crippen molar-refractivity contribution in [2.24, 2.45) is 11.8 Å². The summed E-state index contributed by atoms with van der Waals surface area (Å²) in [5.41, 5.74) is 0.965. The number of aliphatic hydroxyl groups is 1. The number of unbranched alkanes of at least 4 members (excludes halogenated alkanes) is 2. The summed E-state index contributed by atoms with van der Waals surface area (Å²) in [6.07, 6.45) is 9.72. The molecule has 0 fully saturated rings. The first kappa shape index (κ1) is 24.5. The second-order valence-corrected chi connectivity index (χ2v) is 8.56. The van der Waals surface area contributed by atoms with Crippen LogP contribution in [0.2, 0.25) is 5.02 Å². The van der Waals surface area contributed by atoms with Gasteiger partial charge in [-0.1, -0.05) is 90.0 Å². The second-order valence-electron chi connectivity index (χ2n) is 8.12. The highest BCUT2D eigenvalue weighted by atomic mass is 35.5. The third-order valence-electron chi connectivity index (χ3n) is 5.81. The topological polar surface area (TPSA) is 23.5 Å². The summed E-state index contributed by atoms with van der Waals surface area (Å²) in [5, 5.41) is 11.5. The molecule has 0 aliphatic carbocycles. The average molecular weight is 396 g/mol. The van der Waals surface area contributed by atoms with Crippen LogP contribution >= 0.6 is 11.6 Å². The van der Waals surface area contributed by atoms with Crippen molar-refractivity contribution >= 4 is 11.6 Å². The number of aliphatic hydroxyl groups excluding tert-OH is 1. The van der Waals surface area contributed by atoms with E-state index in [1.54, 1.807) is 0 Å². The summed E-state index contributed by atoms with van der Waals surface area (Å²) in [5.74, 6) is 1.46. The Bertz CT molecular complexity index is 458. The minimum absolute atomic E-state index is 0.449. The van der Waals surface area contributed by atoms with Crippen LogP contribution < -0.4 is 0 Å². The van der Waals surface area contributed by atoms with Crippen molar-refractivity contribution in [3.8, 4) is 0 Å². The Labute approximate surface area is 173 Å². The molecule has 1 N–H and O–H groups in total. The van der Waals surface area contributed by atoms with E-state index in [4.69, 9.17) is 11.6 Å². The highest BCUT2D eigenvalue weighted by Gasteiger charge is 2.20. The van der Waals surface area contributed by atoms with Crippen molar-refractivity contribution in [2.75, 3.05) is 19.6 Å². The van der Waals surface area contributed by atoms with Gasteiger partial charge in [0.05, 0.1) is 6.10 Å². The number of hydrogen-bond acceptors (Lipinski definition) is 2. The van der Waals surface area contributed by atoms with Crippen LogP contribution in [0.4, 0.5) is 0 Å². The standard InChI is InChI=1S/C24H42ClNO/c1-5-9-11-20(7-3)17-26(18-21(8-4)12-10-6-2)19-24(27)22-13-15-23(25)16-14-22/h13-16,20-21,24,27H,5-12,17-19H2,1-4H3/t20-,21-,24+/m1/s1. The fourth-order valence-corrected chi connectivity index (χ4v) is 3.95. The SMILES string of the molecule is CCCC[C@@H](CC)CN(C[C@H](CC)CCCC)C[C@H](O)c1ccc(Cl)cc1. The summed E-state index contributed by atoms with van der Waals surface area (Å²) in [4.78, 5) is 2.53. The molecule has 0 bridgehead atoms. The third kappa shape index (κ3) is 9.96. The number of halogens is 1. The molecule has 0 spiro atoms. The first-order chi connectivity index (χ1) is 13.0. The minimum atomic E-state index is -0.449. The lowest BCUT2D eigenvalue weighted by Gasteiger charge is -2.32. The van der Waals surface area contributed by atoms with Gasteiger partial charge in [-0.05, 0) is 42.4 Å². The lowest BCUT2D eigenvalue weighted by atomic mass is 9.95. The first-order valence-electron chi connectivity index (χ1n) is 11.2. The Morgan fingerprint density at radius 1 is 0.815 bits per heavy atom. The fourth-order valence-electron chi connectivity index (χ4n) is 3.82. The van der Waals surface area contributed by atoms with Gasteiger partial charge in [0.15, 0.2) is 0 Å². The Morgan fingerprint density at radius 3 is 1.70 bits per heavy atom. The zero-order valence-electron chi connectivity index (χ0n) is 18.1. The summed E-state index contributed by atoms with van der Waals surface area (Å²) >= 11 is 6.00. The number of rotatable bonds is 15. The number of benzene rings is 1. The molecule has 0 heterocycles. The van der Waals surface area contributed by atoms with Gasteiger partial charge in [-0.25, -0.2) is 0 Å². The maximum absolute atomic E-state index is 10.8. The van der Waals surface area contributed by atoms with E-state index < -0.39 is 6.10 Å². The number of hydrogen-bond donors (Lipinski definition) is 1. The molecule has 0 aromatic heterocycles. The van der Waals surface area contributed by atoms with Crippen molar-refractivity contribution in [2.45, 2.75) is 85.2 Å². The van der Waals surface area contributed by atoms with Gasteiger partial charge in [0.1, 0.15) is 0 Å². The molecule has 0 aliphatic heterocycles. The summed E-state index contributed by atoms with van der Waals surface area (Å²) in [6, 6.07) is 7.65. The van der Waals surface area contributed by atoms with Gasteiger partial charge in [-0.2, -0.15) is 0 Å². The van der Waals surface area contributed by atoms with Gasteiger partial charge >= 0.3 is 0 Å². The van der Waals surface area contributed by atoms with E-state index in [9.17, 15) is 5.11 Å². The summed E-state index contributed by atoms with van der Waals surface area (Å²) in [7, 11) is 0. The van der Waals surface area contributed by atoms with E-state index in [1.165, 1.54) is 51.4 Å². The van der Waals surface area contributed by atoms with Gasteiger partial charge in [0.2, 0.25) is 0 Å². The quantitative estimate of drug-likeness (QED) is 0.342. The maximum atomic E-state index is 10.8. The molecule has 1 rings (SSSR count). The highest BCUT2D eigenvalue weighted by Crippen LogP contribution is 2.23. The lowest BCUT2D eigenvalue weighted by Crippen LogP contribution is -2.37. The smallest absolute Gasteiger partial charge is 0.0916 e. The van der Waals surface area contributed by atoms with Crippen LogP contribution in [0.1, 0.15) is 90.7 Å². The average Bonchev–Trinajstić information content (AvgIpc) is 2.68. The molecule has 1 aromatic carbocycles. The van der Waals surface area contributed by atoms with Gasteiger partial charge in [0, 0.05) is 24.7 Å². The van der Waals surface area contributed by atoms with Crippen LogP contribution in [0, 0.1) is 11.8 Å². The molecule has 0 amide bonds. The van der Waals surface area contributed by atoms with Crippen LogP contribution in [0.3, 0.4) is 0 Å². The van der Waals surface area contributed by atoms with E-state index in [0.29, 0.717) is 6.54 Å². The van der Waals surface area contributed by atoms with Crippen LogP contribution in [-0.2, 0) is 0 Å². The van der Waals surface area contributed by atoms with Gasteiger partial charge < -0.3 is 5.11 Å². The highest BCUT2D eigenvalue weighted by molar-refractivity contribution is 6.30. The molecule has 0 saturated heterocycles. The Kier molecular flexibility index (Phi) is 13.1. The molecule has 0 saturated carbocycles. The van der Waals surface area contributed by atoms with Crippen LogP contribution in [-0.4, -0.2) is 29.6 Å². The van der Waals surface area contributed by atoms with Crippen molar-refractivity contribution in [3.63, 3.8) is 0 Å². The molecular weight excluding hydrogens is 354 g/mol. The Balaban J connectivity index is 2.78. The molecule has 3 heteroatoms. The molecular formula is C24H42ClNO. The van der Waals surface area contributed by atoms with Crippen LogP contribution in [0.25, 0.3) is 0 Å². The van der Waals surface area contributed by atoms with E-state index in [1.807, 2.05) is 24.3 Å². The maximum Gasteiger partial charge on any atom is 0.0916 e. The third-order valence-corrected chi connectivity index (χ3v) is 6.06. The minimum Gasteiger partial charge on any atom is -0.387 e. The number of nitrogens with zero attached hydrogens (tertiary/aromatic N) is 1. The molecule has 0 unspecified atom stereocenters. The van der Waals surface area contributed by atoms with Gasteiger partial charge in [-0.15, -0.1) is 0 Å². The van der Waals surface area contributed by atoms with Crippen LogP contribution in [0.5, 0.6) is 0 Å². The Morgan fingerprint density at radius 2 is 1.30 bits per heavy atom. The molecule has 0 aliphatic rings. The van der Waals surface area contributed by atoms with Crippen molar-refractivity contribution < 1.29 is 5.11 Å². The predicted octanol–water partition coefficient (Wildman–Crippen LogP) is 7.11. The normalized spacial score (nSPS) is 15.1. The zero-order chi connectivity index (χ0) is 20.1. The van der Waals surface area contributed by atoms with E-state index in [2.05, 4.69) is 32.6 Å². The molecule has 3 atom stereocenters. The molecule has 156 valence electrons. The largest absolute Gasteiger partial charge is 0.387 e. The van der Waals surface area contributed by atoms with Crippen molar-refractivity contribution in [1.29, 1.82) is 0 Å². The van der Waals surface area contributed by atoms with Gasteiger partial charge in [0.25, 0.3) is 0 Å². The Hall–Kier alpha value is -0.570.